The van der Waals surface area contributed by atoms with Crippen molar-refractivity contribution >= 4 is 36.0 Å². The molecule has 3 rings (SSSR count). The number of fused-ring (bicyclic) bond motifs is 1. The van der Waals surface area contributed by atoms with Gasteiger partial charge in [-0.25, -0.2) is 19.8 Å². The van der Waals surface area contributed by atoms with Crippen LogP contribution >= 0.6 is 0 Å². The fourth-order valence-electron chi connectivity index (χ4n) is 3.87. The van der Waals surface area contributed by atoms with E-state index in [2.05, 4.69) is 10.7 Å². The third-order valence-corrected chi connectivity index (χ3v) is 5.64. The van der Waals surface area contributed by atoms with E-state index in [0.717, 1.165) is 15.0 Å². The molecule has 2 aliphatic rings. The summed E-state index contributed by atoms with van der Waals surface area (Å²) in [5.74, 6) is -3.31. The summed E-state index contributed by atoms with van der Waals surface area (Å²) in [5, 5.41) is 24.0. The van der Waals surface area contributed by atoms with Crippen LogP contribution in [0.4, 0.5) is 4.79 Å². The predicted octanol–water partition coefficient (Wildman–Crippen LogP) is -0.462. The van der Waals surface area contributed by atoms with E-state index < -0.39 is 48.2 Å². The van der Waals surface area contributed by atoms with E-state index in [4.69, 9.17) is 5.11 Å². The minimum absolute atomic E-state index is 0.102. The number of benzene rings is 1. The van der Waals surface area contributed by atoms with E-state index in [1.54, 1.807) is 0 Å². The second-order valence-corrected chi connectivity index (χ2v) is 7.94. The number of nitrogens with zero attached hydrogens (tertiary/aromatic N) is 3. The third kappa shape index (κ3) is 5.08. The Hall–Kier alpha value is -4.16. The standard InChI is InChI=1S/C21H25N5O8/c1-12-14(4-2-6-16(12)28)19(32)23-24-9-7-17(29)25-8-3-5-15(26(25)21(24)34)20(33)22-13(11-27)10-18(30)31/h2,4,6,11,13,15,28H,3,5,7-10H2,1H3,(H,22,33)(H,23,32)(H,30,31). The molecule has 13 heteroatoms. The Balaban J connectivity index is 1.83. The number of phenols is 1. The van der Waals surface area contributed by atoms with Gasteiger partial charge in [-0.05, 0) is 31.9 Å². The monoisotopic (exact) mass is 475 g/mol. The number of hydrazine groups is 2. The number of hydrogen-bond donors (Lipinski definition) is 4. The highest BCUT2D eigenvalue weighted by Gasteiger charge is 2.44. The van der Waals surface area contributed by atoms with Gasteiger partial charge in [0.25, 0.3) is 5.91 Å². The number of rotatable bonds is 7. The molecule has 182 valence electrons. The van der Waals surface area contributed by atoms with E-state index >= 15 is 0 Å². The van der Waals surface area contributed by atoms with Crippen molar-refractivity contribution in [1.82, 2.24) is 25.8 Å². The summed E-state index contributed by atoms with van der Waals surface area (Å²) in [7, 11) is 0. The summed E-state index contributed by atoms with van der Waals surface area (Å²) in [5.41, 5.74) is 2.85. The van der Waals surface area contributed by atoms with Crippen LogP contribution in [0.5, 0.6) is 5.75 Å². The second-order valence-electron chi connectivity index (χ2n) is 7.94. The molecule has 4 N–H and O–H groups in total. The molecule has 2 aliphatic heterocycles. The maximum atomic E-state index is 13.3. The van der Waals surface area contributed by atoms with Crippen molar-refractivity contribution in [1.29, 1.82) is 0 Å². The Kier molecular flexibility index (Phi) is 7.34. The van der Waals surface area contributed by atoms with Gasteiger partial charge in [-0.3, -0.25) is 24.6 Å². The molecule has 2 fully saturated rings. The molecule has 0 saturated carbocycles. The molecule has 1 aromatic rings. The summed E-state index contributed by atoms with van der Waals surface area (Å²) in [4.78, 5) is 73.8. The molecule has 13 nitrogen and oxygen atoms in total. The van der Waals surface area contributed by atoms with Crippen LogP contribution in [0, 0.1) is 6.92 Å². The number of phenolic OH excluding ortho intramolecular Hbond substituents is 1. The lowest BCUT2D eigenvalue weighted by molar-refractivity contribution is -0.155. The molecule has 1 aromatic carbocycles. The van der Waals surface area contributed by atoms with Crippen LogP contribution in [0.1, 0.15) is 41.6 Å². The number of nitrogens with one attached hydrogen (secondary N) is 2. The lowest BCUT2D eigenvalue weighted by atomic mass is 10.1. The molecule has 2 saturated heterocycles. The van der Waals surface area contributed by atoms with Gasteiger partial charge in [0.05, 0.1) is 19.0 Å². The summed E-state index contributed by atoms with van der Waals surface area (Å²) in [6.07, 6.45) is 0.0859. The molecule has 0 spiro atoms. The van der Waals surface area contributed by atoms with Gasteiger partial charge in [0.2, 0.25) is 11.8 Å². The van der Waals surface area contributed by atoms with Crippen molar-refractivity contribution in [2.24, 2.45) is 0 Å². The van der Waals surface area contributed by atoms with Crippen molar-refractivity contribution in [2.75, 3.05) is 13.1 Å². The first-order chi connectivity index (χ1) is 16.1. The zero-order valence-electron chi connectivity index (χ0n) is 18.4. The van der Waals surface area contributed by atoms with Crippen molar-refractivity contribution in [3.8, 4) is 5.75 Å². The van der Waals surface area contributed by atoms with Crippen LogP contribution in [-0.4, -0.2) is 86.4 Å². The van der Waals surface area contributed by atoms with Crippen LogP contribution in [0.2, 0.25) is 0 Å². The fraction of sp³-hybridized carbons (Fsp3) is 0.429. The summed E-state index contributed by atoms with van der Waals surface area (Å²) < 4.78 is 0. The van der Waals surface area contributed by atoms with Crippen LogP contribution in [0.25, 0.3) is 0 Å². The SMILES string of the molecule is Cc1c(O)cccc1C(=O)NN1CCC(=O)N2CCCC(C(=O)NC(C=O)CC(=O)O)N2C1=O. The van der Waals surface area contributed by atoms with Crippen LogP contribution in [0.15, 0.2) is 18.2 Å². The largest absolute Gasteiger partial charge is 0.508 e. The lowest BCUT2D eigenvalue weighted by Crippen LogP contribution is -2.64. The van der Waals surface area contributed by atoms with Crippen molar-refractivity contribution in [2.45, 2.75) is 44.7 Å². The van der Waals surface area contributed by atoms with E-state index in [1.807, 2.05) is 0 Å². The molecule has 2 unspecified atom stereocenters. The number of aliphatic carboxylic acids is 1. The quantitative estimate of drug-likeness (QED) is 0.383. The number of aromatic hydroxyl groups is 1. The summed E-state index contributed by atoms with van der Waals surface area (Å²) in [6, 6.07) is 1.01. The van der Waals surface area contributed by atoms with Crippen molar-refractivity contribution < 1.29 is 39.0 Å². The molecule has 0 aliphatic carbocycles. The number of carboxylic acid groups (broad SMARTS) is 1. The fourth-order valence-corrected chi connectivity index (χ4v) is 3.87. The van der Waals surface area contributed by atoms with Gasteiger partial charge in [0.15, 0.2) is 0 Å². The zero-order chi connectivity index (χ0) is 25.0. The Morgan fingerprint density at radius 2 is 1.97 bits per heavy atom. The number of carboxylic acids is 1. The molecular formula is C21H25N5O8. The van der Waals surface area contributed by atoms with Gasteiger partial charge in [0.1, 0.15) is 18.1 Å². The van der Waals surface area contributed by atoms with Gasteiger partial charge in [-0.1, -0.05) is 6.07 Å². The minimum Gasteiger partial charge on any atom is -0.508 e. The first-order valence-corrected chi connectivity index (χ1v) is 10.6. The lowest BCUT2D eigenvalue weighted by Gasteiger charge is -2.42. The molecule has 34 heavy (non-hydrogen) atoms. The summed E-state index contributed by atoms with van der Waals surface area (Å²) in [6.45, 7) is 1.55. The first kappa shape index (κ1) is 24.5. The average molecular weight is 475 g/mol. The molecule has 5 amide bonds. The second kappa shape index (κ2) is 10.2. The van der Waals surface area contributed by atoms with Crippen molar-refractivity contribution in [3.05, 3.63) is 29.3 Å². The maximum Gasteiger partial charge on any atom is 0.358 e. The Morgan fingerprint density at radius 1 is 1.24 bits per heavy atom. The molecular weight excluding hydrogens is 450 g/mol. The highest BCUT2D eigenvalue weighted by molar-refractivity contribution is 5.98. The Labute approximate surface area is 194 Å². The maximum absolute atomic E-state index is 13.3. The highest BCUT2D eigenvalue weighted by atomic mass is 16.4. The van der Waals surface area contributed by atoms with E-state index in [0.29, 0.717) is 12.0 Å². The van der Waals surface area contributed by atoms with Gasteiger partial charge in [0, 0.05) is 24.1 Å². The van der Waals surface area contributed by atoms with Crippen LogP contribution < -0.4 is 10.7 Å². The van der Waals surface area contributed by atoms with E-state index in [9.17, 15) is 33.9 Å². The Morgan fingerprint density at radius 3 is 2.65 bits per heavy atom. The Bertz CT molecular complexity index is 1030. The summed E-state index contributed by atoms with van der Waals surface area (Å²) >= 11 is 0. The van der Waals surface area contributed by atoms with Gasteiger partial charge in [-0.2, -0.15) is 0 Å². The number of aldehydes is 1. The number of hydrogen-bond acceptors (Lipinski definition) is 7. The zero-order valence-corrected chi connectivity index (χ0v) is 18.4. The average Bonchev–Trinajstić information content (AvgIpc) is 2.92. The highest BCUT2D eigenvalue weighted by Crippen LogP contribution is 2.24. The number of carbonyl (C=O) groups excluding carboxylic acids is 5. The van der Waals surface area contributed by atoms with Gasteiger partial charge >= 0.3 is 12.0 Å². The predicted molar refractivity (Wildman–Crippen MR) is 114 cm³/mol. The third-order valence-electron chi connectivity index (χ3n) is 5.64. The molecule has 2 atom stereocenters. The topological polar surface area (TPSA) is 177 Å². The molecule has 0 radical (unpaired) electrons. The van der Waals surface area contributed by atoms with E-state index in [1.165, 1.54) is 25.1 Å². The number of amides is 5. The minimum atomic E-state index is -1.30. The molecule has 0 aromatic heterocycles. The molecule has 2 heterocycles. The van der Waals surface area contributed by atoms with Crippen molar-refractivity contribution in [3.63, 3.8) is 0 Å². The van der Waals surface area contributed by atoms with Gasteiger partial charge in [-0.15, -0.1) is 0 Å². The molecule has 0 bridgehead atoms. The number of urea groups is 1. The van der Waals surface area contributed by atoms with Gasteiger partial charge < -0.3 is 20.3 Å². The smallest absolute Gasteiger partial charge is 0.358 e. The van der Waals surface area contributed by atoms with E-state index in [-0.39, 0.29) is 43.5 Å². The normalized spacial score (nSPS) is 19.1. The first-order valence-electron chi connectivity index (χ1n) is 10.6. The number of carbonyl (C=O) groups is 6. The van der Waals surface area contributed by atoms with Crippen LogP contribution in [-0.2, 0) is 19.2 Å². The van der Waals surface area contributed by atoms with Crippen LogP contribution in [0.3, 0.4) is 0 Å².